The fourth-order valence-electron chi connectivity index (χ4n) is 3.09. The quantitative estimate of drug-likeness (QED) is 0.821. The van der Waals surface area contributed by atoms with Crippen LogP contribution in [-0.2, 0) is 4.79 Å². The average Bonchev–Trinajstić information content (AvgIpc) is 2.86. The van der Waals surface area contributed by atoms with E-state index in [0.717, 1.165) is 25.8 Å². The summed E-state index contributed by atoms with van der Waals surface area (Å²) in [6.45, 7) is 1.48. The Morgan fingerprint density at radius 1 is 1.16 bits per heavy atom. The monoisotopic (exact) mass is 268 g/mol. The number of carbonyl (C=O) groups is 2. The van der Waals surface area contributed by atoms with Gasteiger partial charge < -0.3 is 15.3 Å². The van der Waals surface area contributed by atoms with Gasteiger partial charge in [0.1, 0.15) is 0 Å². The van der Waals surface area contributed by atoms with Crippen molar-refractivity contribution in [2.75, 3.05) is 13.1 Å². The van der Waals surface area contributed by atoms with E-state index in [2.05, 4.69) is 5.32 Å². The summed E-state index contributed by atoms with van der Waals surface area (Å²) in [6.07, 6.45) is 7.74. The minimum atomic E-state index is -0.745. The average molecular weight is 268 g/mol. The Morgan fingerprint density at radius 3 is 2.58 bits per heavy atom. The van der Waals surface area contributed by atoms with Crippen LogP contribution >= 0.6 is 0 Å². The fraction of sp³-hybridized carbons (Fsp3) is 0.857. The zero-order chi connectivity index (χ0) is 13.7. The van der Waals surface area contributed by atoms with E-state index in [1.807, 2.05) is 4.90 Å². The highest BCUT2D eigenvalue weighted by Crippen LogP contribution is 2.22. The molecule has 2 N–H and O–H groups in total. The fourth-order valence-corrected chi connectivity index (χ4v) is 3.09. The number of hydrogen-bond donors (Lipinski definition) is 2. The molecule has 0 radical (unpaired) electrons. The van der Waals surface area contributed by atoms with Crippen LogP contribution in [0.15, 0.2) is 0 Å². The maximum Gasteiger partial charge on any atom is 0.317 e. The van der Waals surface area contributed by atoms with Crippen molar-refractivity contribution in [3.05, 3.63) is 0 Å². The highest BCUT2D eigenvalue weighted by Gasteiger charge is 2.27. The van der Waals surface area contributed by atoms with Crippen molar-refractivity contribution in [3.8, 4) is 0 Å². The van der Waals surface area contributed by atoms with Gasteiger partial charge in [-0.2, -0.15) is 0 Å². The van der Waals surface area contributed by atoms with Crippen LogP contribution in [0.1, 0.15) is 51.4 Å². The number of nitrogens with one attached hydrogen (secondary N) is 1. The van der Waals surface area contributed by atoms with Crippen LogP contribution in [0, 0.1) is 5.92 Å². The summed E-state index contributed by atoms with van der Waals surface area (Å²) >= 11 is 0. The highest BCUT2D eigenvalue weighted by atomic mass is 16.4. The number of urea groups is 1. The molecule has 0 aromatic rings. The Bertz CT molecular complexity index is 327. The standard InChI is InChI=1S/C14H24N2O3/c17-13(18)7-6-11-8-9-16(10-11)14(19)15-12-4-2-1-3-5-12/h11-12H,1-10H2,(H,15,19)(H,17,18). The summed E-state index contributed by atoms with van der Waals surface area (Å²) < 4.78 is 0. The molecule has 0 bridgehead atoms. The molecule has 5 heteroatoms. The van der Waals surface area contributed by atoms with Crippen LogP contribution in [0.25, 0.3) is 0 Å². The topological polar surface area (TPSA) is 69.6 Å². The van der Waals surface area contributed by atoms with Gasteiger partial charge in [0.25, 0.3) is 0 Å². The number of carboxylic acid groups (broad SMARTS) is 1. The van der Waals surface area contributed by atoms with Crippen LogP contribution in [0.3, 0.4) is 0 Å². The lowest BCUT2D eigenvalue weighted by Gasteiger charge is -2.26. The van der Waals surface area contributed by atoms with Crippen molar-refractivity contribution in [2.45, 2.75) is 57.4 Å². The molecule has 2 fully saturated rings. The molecule has 1 aliphatic carbocycles. The molecule has 2 aliphatic rings. The second-order valence-corrected chi connectivity index (χ2v) is 5.82. The van der Waals surface area contributed by atoms with E-state index in [0.29, 0.717) is 24.9 Å². The summed E-state index contributed by atoms with van der Waals surface area (Å²) in [5.74, 6) is -0.390. The summed E-state index contributed by atoms with van der Waals surface area (Å²) in [5.41, 5.74) is 0. The largest absolute Gasteiger partial charge is 0.481 e. The summed E-state index contributed by atoms with van der Waals surface area (Å²) in [6, 6.07) is 0.393. The Morgan fingerprint density at radius 2 is 1.89 bits per heavy atom. The molecule has 1 aliphatic heterocycles. The lowest BCUT2D eigenvalue weighted by Crippen LogP contribution is -2.44. The zero-order valence-corrected chi connectivity index (χ0v) is 11.4. The molecular formula is C14H24N2O3. The Kier molecular flexibility index (Phi) is 5.05. The highest BCUT2D eigenvalue weighted by molar-refractivity contribution is 5.74. The molecule has 1 atom stereocenters. The van der Waals surface area contributed by atoms with Gasteiger partial charge in [0.05, 0.1) is 0 Å². The third kappa shape index (κ3) is 4.40. The van der Waals surface area contributed by atoms with Gasteiger partial charge >= 0.3 is 12.0 Å². The molecular weight excluding hydrogens is 244 g/mol. The SMILES string of the molecule is O=C(O)CCC1CCN(C(=O)NC2CCCCC2)C1. The van der Waals surface area contributed by atoms with Gasteiger partial charge in [-0.15, -0.1) is 0 Å². The second-order valence-electron chi connectivity index (χ2n) is 5.82. The zero-order valence-electron chi connectivity index (χ0n) is 11.4. The van der Waals surface area contributed by atoms with E-state index in [-0.39, 0.29) is 12.5 Å². The first-order chi connectivity index (χ1) is 9.15. The molecule has 1 saturated carbocycles. The van der Waals surface area contributed by atoms with Crippen molar-refractivity contribution < 1.29 is 14.7 Å². The van der Waals surface area contributed by atoms with Crippen LogP contribution in [-0.4, -0.2) is 41.1 Å². The van der Waals surface area contributed by atoms with Crippen LogP contribution in [0.2, 0.25) is 0 Å². The first-order valence-corrected chi connectivity index (χ1v) is 7.42. The maximum atomic E-state index is 12.1. The van der Waals surface area contributed by atoms with Gasteiger partial charge in [0.2, 0.25) is 0 Å². The Balaban J connectivity index is 1.70. The minimum absolute atomic E-state index is 0.0460. The summed E-state index contributed by atoms with van der Waals surface area (Å²) in [4.78, 5) is 24.5. The van der Waals surface area contributed by atoms with Gasteiger partial charge in [-0.1, -0.05) is 19.3 Å². The number of carbonyl (C=O) groups excluding carboxylic acids is 1. The van der Waals surface area contributed by atoms with E-state index < -0.39 is 5.97 Å². The first-order valence-electron chi connectivity index (χ1n) is 7.42. The van der Waals surface area contributed by atoms with Crippen molar-refractivity contribution in [1.29, 1.82) is 0 Å². The molecule has 0 aromatic carbocycles. The maximum absolute atomic E-state index is 12.1. The second kappa shape index (κ2) is 6.78. The number of amides is 2. The third-order valence-electron chi connectivity index (χ3n) is 4.27. The van der Waals surface area contributed by atoms with E-state index >= 15 is 0 Å². The van der Waals surface area contributed by atoms with Gasteiger partial charge in [-0.05, 0) is 31.6 Å². The molecule has 1 saturated heterocycles. The predicted octanol–water partition coefficient (Wildman–Crippen LogP) is 2.22. The number of carboxylic acids is 1. The smallest absolute Gasteiger partial charge is 0.317 e. The van der Waals surface area contributed by atoms with Gasteiger partial charge in [0, 0.05) is 25.6 Å². The lowest BCUT2D eigenvalue weighted by atomic mass is 9.96. The Hall–Kier alpha value is -1.26. The van der Waals surface area contributed by atoms with Crippen LogP contribution in [0.4, 0.5) is 4.79 Å². The molecule has 1 heterocycles. The van der Waals surface area contributed by atoms with Gasteiger partial charge in [-0.25, -0.2) is 4.79 Å². The number of hydrogen-bond acceptors (Lipinski definition) is 2. The normalized spacial score (nSPS) is 24.4. The van der Waals surface area contributed by atoms with Crippen molar-refractivity contribution in [2.24, 2.45) is 5.92 Å². The number of rotatable bonds is 4. The van der Waals surface area contributed by atoms with Crippen LogP contribution < -0.4 is 5.32 Å². The first kappa shape index (κ1) is 14.2. The third-order valence-corrected chi connectivity index (χ3v) is 4.27. The minimum Gasteiger partial charge on any atom is -0.481 e. The van der Waals surface area contributed by atoms with Gasteiger partial charge in [-0.3, -0.25) is 4.79 Å². The molecule has 0 aromatic heterocycles. The number of aliphatic carboxylic acids is 1. The molecule has 108 valence electrons. The molecule has 2 rings (SSSR count). The van der Waals surface area contributed by atoms with E-state index in [1.165, 1.54) is 19.3 Å². The molecule has 5 nitrogen and oxygen atoms in total. The summed E-state index contributed by atoms with van der Waals surface area (Å²) in [5, 5.41) is 11.8. The number of nitrogens with zero attached hydrogens (tertiary/aromatic N) is 1. The molecule has 2 amide bonds. The van der Waals surface area contributed by atoms with E-state index in [1.54, 1.807) is 0 Å². The number of likely N-dealkylation sites (tertiary alicyclic amines) is 1. The lowest BCUT2D eigenvalue weighted by molar-refractivity contribution is -0.137. The molecule has 19 heavy (non-hydrogen) atoms. The van der Waals surface area contributed by atoms with Crippen molar-refractivity contribution in [1.82, 2.24) is 10.2 Å². The molecule has 0 spiro atoms. The van der Waals surface area contributed by atoms with Gasteiger partial charge in [0.15, 0.2) is 0 Å². The van der Waals surface area contributed by atoms with E-state index in [9.17, 15) is 9.59 Å². The van der Waals surface area contributed by atoms with Crippen molar-refractivity contribution in [3.63, 3.8) is 0 Å². The summed E-state index contributed by atoms with van der Waals surface area (Å²) in [7, 11) is 0. The predicted molar refractivity (Wildman–Crippen MR) is 72.0 cm³/mol. The Labute approximate surface area is 114 Å². The molecule has 1 unspecified atom stereocenters. The van der Waals surface area contributed by atoms with Crippen LogP contribution in [0.5, 0.6) is 0 Å². The van der Waals surface area contributed by atoms with Crippen molar-refractivity contribution >= 4 is 12.0 Å². The van der Waals surface area contributed by atoms with E-state index in [4.69, 9.17) is 5.11 Å².